The normalized spacial score (nSPS) is 11.2. The van der Waals surface area contributed by atoms with E-state index >= 15 is 0 Å². The van der Waals surface area contributed by atoms with Crippen molar-refractivity contribution in [1.82, 2.24) is 19.3 Å². The SMILES string of the molecule is CCn1nc(C)c2nc(SCc3cccc(Cl)c3)n(Cc3ccc(OC)cc3)c(=O)c21. The number of aromatic nitrogens is 4. The Kier molecular flexibility index (Phi) is 6.34. The molecule has 160 valence electrons. The zero-order chi connectivity index (χ0) is 22.0. The number of ether oxygens (including phenoxy) is 1. The van der Waals surface area contributed by atoms with E-state index in [1.807, 2.05) is 62.4 Å². The zero-order valence-electron chi connectivity index (χ0n) is 17.6. The van der Waals surface area contributed by atoms with Gasteiger partial charge in [0.05, 0.1) is 19.3 Å². The van der Waals surface area contributed by atoms with Crippen LogP contribution in [0.25, 0.3) is 11.0 Å². The van der Waals surface area contributed by atoms with Gasteiger partial charge in [-0.3, -0.25) is 14.0 Å². The van der Waals surface area contributed by atoms with Gasteiger partial charge >= 0.3 is 0 Å². The molecular formula is C23H23ClN4O2S. The number of thioether (sulfide) groups is 1. The summed E-state index contributed by atoms with van der Waals surface area (Å²) in [4.78, 5) is 18.4. The van der Waals surface area contributed by atoms with E-state index in [-0.39, 0.29) is 5.56 Å². The minimum Gasteiger partial charge on any atom is -0.497 e. The molecule has 0 fully saturated rings. The van der Waals surface area contributed by atoms with E-state index in [0.717, 1.165) is 22.6 Å². The standard InChI is InChI=1S/C23H23ClN4O2S/c1-4-28-21-20(15(2)26-28)25-23(31-14-17-6-5-7-18(24)12-17)27(22(21)29)13-16-8-10-19(30-3)11-9-16/h5-12H,4,13-14H2,1-3H3. The maximum Gasteiger partial charge on any atom is 0.280 e. The van der Waals surface area contributed by atoms with Crippen LogP contribution in [0.15, 0.2) is 58.5 Å². The van der Waals surface area contributed by atoms with Crippen LogP contribution in [0.1, 0.15) is 23.7 Å². The molecule has 0 saturated heterocycles. The highest BCUT2D eigenvalue weighted by Crippen LogP contribution is 2.25. The Morgan fingerprint density at radius 3 is 2.58 bits per heavy atom. The largest absolute Gasteiger partial charge is 0.497 e. The van der Waals surface area contributed by atoms with Gasteiger partial charge in [0.15, 0.2) is 10.7 Å². The summed E-state index contributed by atoms with van der Waals surface area (Å²) >= 11 is 7.65. The summed E-state index contributed by atoms with van der Waals surface area (Å²) in [5.74, 6) is 1.43. The molecule has 31 heavy (non-hydrogen) atoms. The van der Waals surface area contributed by atoms with E-state index in [4.69, 9.17) is 21.3 Å². The fourth-order valence-electron chi connectivity index (χ4n) is 3.45. The minimum absolute atomic E-state index is 0.0862. The molecule has 0 N–H and O–H groups in total. The quantitative estimate of drug-likeness (QED) is 0.293. The van der Waals surface area contributed by atoms with Crippen molar-refractivity contribution in [1.29, 1.82) is 0 Å². The van der Waals surface area contributed by atoms with Crippen LogP contribution in [0.4, 0.5) is 0 Å². The molecule has 0 aliphatic heterocycles. The fraction of sp³-hybridized carbons (Fsp3) is 0.261. The average molecular weight is 455 g/mol. The van der Waals surface area contributed by atoms with E-state index in [9.17, 15) is 4.79 Å². The van der Waals surface area contributed by atoms with Crippen molar-refractivity contribution in [2.24, 2.45) is 0 Å². The Morgan fingerprint density at radius 1 is 1.13 bits per heavy atom. The Bertz CT molecular complexity index is 1280. The van der Waals surface area contributed by atoms with Crippen LogP contribution in [0.5, 0.6) is 5.75 Å². The first-order valence-electron chi connectivity index (χ1n) is 9.98. The lowest BCUT2D eigenvalue weighted by Crippen LogP contribution is -2.25. The van der Waals surface area contributed by atoms with Crippen LogP contribution in [0.3, 0.4) is 0 Å². The Labute approximate surface area is 189 Å². The number of hydrogen-bond acceptors (Lipinski definition) is 5. The van der Waals surface area contributed by atoms with Crippen LogP contribution >= 0.6 is 23.4 Å². The topological polar surface area (TPSA) is 61.9 Å². The molecule has 0 bridgehead atoms. The maximum absolute atomic E-state index is 13.5. The van der Waals surface area contributed by atoms with E-state index in [2.05, 4.69) is 5.10 Å². The van der Waals surface area contributed by atoms with E-state index in [0.29, 0.717) is 40.1 Å². The van der Waals surface area contributed by atoms with Gasteiger partial charge in [-0.15, -0.1) is 0 Å². The third-order valence-electron chi connectivity index (χ3n) is 5.04. The molecule has 0 saturated carbocycles. The van der Waals surface area contributed by atoms with Gasteiger partial charge in [-0.1, -0.05) is 47.6 Å². The lowest BCUT2D eigenvalue weighted by Gasteiger charge is -2.13. The maximum atomic E-state index is 13.5. The molecule has 4 aromatic rings. The number of benzene rings is 2. The Hall–Kier alpha value is -2.77. The molecule has 2 aromatic heterocycles. The second-order valence-corrected chi connectivity index (χ2v) is 8.53. The summed E-state index contributed by atoms with van der Waals surface area (Å²) in [6.45, 7) is 4.89. The summed E-state index contributed by atoms with van der Waals surface area (Å²) in [6, 6.07) is 15.4. The summed E-state index contributed by atoms with van der Waals surface area (Å²) < 4.78 is 8.71. The Balaban J connectivity index is 1.78. The molecular weight excluding hydrogens is 432 g/mol. The molecule has 0 radical (unpaired) electrons. The van der Waals surface area contributed by atoms with Gasteiger partial charge in [0.2, 0.25) is 0 Å². The van der Waals surface area contributed by atoms with Crippen LogP contribution in [0, 0.1) is 6.92 Å². The van der Waals surface area contributed by atoms with Crippen molar-refractivity contribution < 1.29 is 4.74 Å². The highest BCUT2D eigenvalue weighted by molar-refractivity contribution is 7.98. The van der Waals surface area contributed by atoms with Crippen LogP contribution < -0.4 is 10.3 Å². The summed E-state index contributed by atoms with van der Waals surface area (Å²) in [7, 11) is 1.64. The number of hydrogen-bond donors (Lipinski definition) is 0. The molecule has 0 aliphatic rings. The van der Waals surface area contributed by atoms with E-state index in [1.165, 1.54) is 11.8 Å². The number of nitrogens with zero attached hydrogens (tertiary/aromatic N) is 4. The van der Waals surface area contributed by atoms with Gasteiger partial charge in [-0.05, 0) is 49.2 Å². The van der Waals surface area contributed by atoms with Gasteiger partial charge in [-0.25, -0.2) is 4.98 Å². The van der Waals surface area contributed by atoms with Crippen LogP contribution in [0.2, 0.25) is 5.02 Å². The van der Waals surface area contributed by atoms with Gasteiger partial charge < -0.3 is 4.74 Å². The predicted octanol–water partition coefficient (Wildman–Crippen LogP) is 4.92. The fourth-order valence-corrected chi connectivity index (χ4v) is 4.60. The summed E-state index contributed by atoms with van der Waals surface area (Å²) in [5, 5.41) is 5.86. The molecule has 0 aliphatic carbocycles. The van der Waals surface area contributed by atoms with E-state index in [1.54, 1.807) is 16.4 Å². The number of halogens is 1. The highest BCUT2D eigenvalue weighted by atomic mass is 35.5. The first-order chi connectivity index (χ1) is 15.0. The van der Waals surface area contributed by atoms with Gasteiger partial charge in [0, 0.05) is 17.3 Å². The average Bonchev–Trinajstić information content (AvgIpc) is 3.10. The summed E-state index contributed by atoms with van der Waals surface area (Å²) in [5.41, 5.74) is 3.94. The first-order valence-corrected chi connectivity index (χ1v) is 11.3. The van der Waals surface area contributed by atoms with Crippen molar-refractivity contribution in [2.45, 2.75) is 37.8 Å². The van der Waals surface area contributed by atoms with Gasteiger partial charge in [-0.2, -0.15) is 5.10 Å². The molecule has 0 amide bonds. The highest BCUT2D eigenvalue weighted by Gasteiger charge is 2.18. The third kappa shape index (κ3) is 4.48. The number of rotatable bonds is 7. The number of fused-ring (bicyclic) bond motifs is 1. The van der Waals surface area contributed by atoms with Crippen molar-refractivity contribution in [3.05, 3.63) is 80.7 Å². The van der Waals surface area contributed by atoms with Crippen molar-refractivity contribution in [3.63, 3.8) is 0 Å². The molecule has 8 heteroatoms. The zero-order valence-corrected chi connectivity index (χ0v) is 19.2. The molecule has 0 atom stereocenters. The van der Waals surface area contributed by atoms with E-state index < -0.39 is 0 Å². The molecule has 2 aromatic carbocycles. The predicted molar refractivity (Wildman–Crippen MR) is 125 cm³/mol. The monoisotopic (exact) mass is 454 g/mol. The smallest absolute Gasteiger partial charge is 0.280 e. The van der Waals surface area contributed by atoms with Crippen molar-refractivity contribution >= 4 is 34.4 Å². The molecule has 6 nitrogen and oxygen atoms in total. The van der Waals surface area contributed by atoms with Crippen molar-refractivity contribution in [2.75, 3.05) is 7.11 Å². The molecule has 0 unspecified atom stereocenters. The lowest BCUT2D eigenvalue weighted by atomic mass is 10.2. The second-order valence-electron chi connectivity index (χ2n) is 7.15. The Morgan fingerprint density at radius 2 is 1.90 bits per heavy atom. The van der Waals surface area contributed by atoms with Gasteiger partial charge in [0.1, 0.15) is 11.3 Å². The van der Waals surface area contributed by atoms with Crippen LogP contribution in [-0.2, 0) is 18.8 Å². The first kappa shape index (κ1) is 21.5. The lowest BCUT2D eigenvalue weighted by molar-refractivity contribution is 0.414. The molecule has 4 rings (SSSR count). The molecule has 2 heterocycles. The second kappa shape index (κ2) is 9.16. The third-order valence-corrected chi connectivity index (χ3v) is 6.32. The van der Waals surface area contributed by atoms with Crippen LogP contribution in [-0.4, -0.2) is 26.4 Å². The van der Waals surface area contributed by atoms with Crippen molar-refractivity contribution in [3.8, 4) is 5.75 Å². The number of methoxy groups -OCH3 is 1. The van der Waals surface area contributed by atoms with Gasteiger partial charge in [0.25, 0.3) is 5.56 Å². The molecule has 0 spiro atoms. The minimum atomic E-state index is -0.0862. The number of aryl methyl sites for hydroxylation is 2. The summed E-state index contributed by atoms with van der Waals surface area (Å²) in [6.07, 6.45) is 0.